The first kappa shape index (κ1) is 29.7. The van der Waals surface area contributed by atoms with Crippen LogP contribution in [0.5, 0.6) is 0 Å². The largest absolute Gasteiger partial charge is 0.368 e. The molecule has 9 nitrogen and oxygen atoms in total. The summed E-state index contributed by atoms with van der Waals surface area (Å²) in [5.41, 5.74) is 2.34. The maximum Gasteiger partial charge on any atom is 0.281 e. The number of halogens is 3. The second kappa shape index (κ2) is 12.0. The topological polar surface area (TPSA) is 70.0 Å². The first-order valence-electron chi connectivity index (χ1n) is 15.1. The second-order valence-electron chi connectivity index (χ2n) is 11.9. The Hall–Kier alpha value is -3.38. The fourth-order valence-electron chi connectivity index (χ4n) is 7.07. The molecule has 1 unspecified atom stereocenters. The third kappa shape index (κ3) is 5.32. The van der Waals surface area contributed by atoms with Crippen LogP contribution in [0.3, 0.4) is 0 Å². The van der Waals surface area contributed by atoms with Gasteiger partial charge >= 0.3 is 0 Å². The number of pyridine rings is 1. The zero-order chi connectivity index (χ0) is 30.3. The molecule has 0 N–H and O–H groups in total. The number of carbonyl (C=O) groups excluding carboxylic acids is 1. The molecule has 0 bridgehead atoms. The monoisotopic (exact) mass is 599 g/mol. The maximum absolute atomic E-state index is 14.5. The summed E-state index contributed by atoms with van der Waals surface area (Å²) >= 11 is 0. The second-order valence-corrected chi connectivity index (χ2v) is 11.9. The molecule has 6 heterocycles. The molecule has 12 heteroatoms. The van der Waals surface area contributed by atoms with Gasteiger partial charge in [0.2, 0.25) is 5.91 Å². The molecule has 1 atom stereocenters. The van der Waals surface area contributed by atoms with E-state index in [-0.39, 0.29) is 18.2 Å². The van der Waals surface area contributed by atoms with Crippen LogP contribution >= 0.6 is 0 Å². The quantitative estimate of drug-likeness (QED) is 0.444. The van der Waals surface area contributed by atoms with Gasteiger partial charge in [0.05, 0.1) is 18.5 Å². The van der Waals surface area contributed by atoms with E-state index in [1.54, 1.807) is 23.0 Å². The number of rotatable bonds is 7. The molecule has 4 aliphatic heterocycles. The molecule has 1 spiro atoms. The molecular formula is C31H40F3N7O2. The molecule has 0 aromatic carbocycles. The SMILES string of the molecule is C=CC(=O)N1CCN(C2CN(c3cc(N4CCC5(CC4)OCC(CF)n4ncc(C)c45)nc(C(F)F)c3/C=C\C)C2)CC1. The van der Waals surface area contributed by atoms with Gasteiger partial charge in [-0.25, -0.2) is 18.2 Å². The van der Waals surface area contributed by atoms with Crippen LogP contribution in [0.4, 0.5) is 24.7 Å². The minimum atomic E-state index is -2.72. The predicted octanol–water partition coefficient (Wildman–Crippen LogP) is 4.11. The van der Waals surface area contributed by atoms with Crippen molar-refractivity contribution in [2.75, 3.05) is 75.4 Å². The average Bonchev–Trinajstić information content (AvgIpc) is 3.40. The molecule has 0 radical (unpaired) electrons. The molecule has 3 fully saturated rings. The lowest BCUT2D eigenvalue weighted by Gasteiger charge is -2.49. The van der Waals surface area contributed by atoms with Crippen LogP contribution in [-0.2, 0) is 15.1 Å². The lowest BCUT2D eigenvalue weighted by molar-refractivity contribution is -0.128. The summed E-state index contributed by atoms with van der Waals surface area (Å²) in [6.07, 6.45) is 5.17. The smallest absolute Gasteiger partial charge is 0.281 e. The van der Waals surface area contributed by atoms with E-state index in [2.05, 4.69) is 31.4 Å². The van der Waals surface area contributed by atoms with Crippen LogP contribution in [0.2, 0.25) is 0 Å². The Bertz CT molecular complexity index is 1370. The third-order valence-corrected chi connectivity index (χ3v) is 9.49. The summed E-state index contributed by atoms with van der Waals surface area (Å²) in [6.45, 7) is 12.6. The number of allylic oxidation sites excluding steroid dienone is 1. The predicted molar refractivity (Wildman–Crippen MR) is 159 cm³/mol. The van der Waals surface area contributed by atoms with Gasteiger partial charge in [0.15, 0.2) is 0 Å². The van der Waals surface area contributed by atoms with Crippen molar-refractivity contribution in [2.24, 2.45) is 0 Å². The van der Waals surface area contributed by atoms with Crippen molar-refractivity contribution in [2.45, 2.75) is 50.8 Å². The van der Waals surface area contributed by atoms with Gasteiger partial charge in [-0.3, -0.25) is 14.4 Å². The molecule has 3 saturated heterocycles. The Kier molecular flexibility index (Phi) is 8.25. The number of piperazine rings is 1. The van der Waals surface area contributed by atoms with E-state index in [4.69, 9.17) is 4.74 Å². The zero-order valence-corrected chi connectivity index (χ0v) is 24.9. The lowest BCUT2D eigenvalue weighted by atomic mass is 9.84. The number of fused-ring (bicyclic) bond motifs is 2. The van der Waals surface area contributed by atoms with Crippen molar-refractivity contribution in [1.29, 1.82) is 0 Å². The first-order valence-corrected chi connectivity index (χ1v) is 15.1. The van der Waals surface area contributed by atoms with Crippen molar-refractivity contribution >= 4 is 23.5 Å². The van der Waals surface area contributed by atoms with Gasteiger partial charge in [0.1, 0.15) is 29.8 Å². The molecule has 2 aromatic heterocycles. The number of ether oxygens (including phenoxy) is 1. The third-order valence-electron chi connectivity index (χ3n) is 9.49. The lowest BCUT2D eigenvalue weighted by Crippen LogP contribution is -2.63. The first-order chi connectivity index (χ1) is 20.8. The van der Waals surface area contributed by atoms with E-state index in [0.29, 0.717) is 56.4 Å². The fourth-order valence-corrected chi connectivity index (χ4v) is 7.07. The highest BCUT2D eigenvalue weighted by molar-refractivity contribution is 5.87. The van der Waals surface area contributed by atoms with Gasteiger partial charge in [-0.1, -0.05) is 18.7 Å². The van der Waals surface area contributed by atoms with Gasteiger partial charge in [-0.15, -0.1) is 0 Å². The number of aryl methyl sites for hydroxylation is 1. The highest BCUT2D eigenvalue weighted by Crippen LogP contribution is 2.44. The standard InChI is InChI=1S/C31H40F3N7O2/c1-4-6-24-25(40-18-23(19-40)37-11-13-39(14-12-37)27(42)5-2)15-26(36-28(24)30(33)34)38-9-7-31(8-10-38)29-21(3)17-35-41(29)22(16-32)20-43-31/h4-6,15,17,22-23,30H,2,7-14,16,18-20H2,1,3H3/b6-4-. The van der Waals surface area contributed by atoms with E-state index < -0.39 is 24.7 Å². The van der Waals surface area contributed by atoms with Crippen LogP contribution in [0.25, 0.3) is 6.08 Å². The van der Waals surface area contributed by atoms with Gasteiger partial charge in [0, 0.05) is 75.7 Å². The normalized spacial score (nSPS) is 22.8. The van der Waals surface area contributed by atoms with Gasteiger partial charge in [-0.2, -0.15) is 5.10 Å². The molecule has 232 valence electrons. The molecular weight excluding hydrogens is 559 g/mol. The fraction of sp³-hybridized carbons (Fsp3) is 0.581. The van der Waals surface area contributed by atoms with Crippen LogP contribution < -0.4 is 9.80 Å². The molecule has 4 aliphatic rings. The van der Waals surface area contributed by atoms with Crippen LogP contribution in [-0.4, -0.2) is 102 Å². The summed E-state index contributed by atoms with van der Waals surface area (Å²) in [5.74, 6) is 0.495. The van der Waals surface area contributed by atoms with E-state index in [1.165, 1.54) is 6.08 Å². The van der Waals surface area contributed by atoms with E-state index in [9.17, 15) is 18.0 Å². The summed E-state index contributed by atoms with van der Waals surface area (Å²) in [6, 6.07) is 1.82. The van der Waals surface area contributed by atoms with Crippen LogP contribution in [0, 0.1) is 6.92 Å². The molecule has 6 rings (SSSR count). The Balaban J connectivity index is 1.20. The van der Waals surface area contributed by atoms with Crippen LogP contribution in [0.1, 0.15) is 54.7 Å². The highest BCUT2D eigenvalue weighted by Gasteiger charge is 2.46. The number of aromatic nitrogens is 3. The Morgan fingerprint density at radius 2 is 1.88 bits per heavy atom. The van der Waals surface area contributed by atoms with E-state index in [1.807, 2.05) is 24.8 Å². The van der Waals surface area contributed by atoms with Crippen molar-refractivity contribution in [1.82, 2.24) is 24.6 Å². The summed E-state index contributed by atoms with van der Waals surface area (Å²) in [4.78, 5) is 24.9. The number of nitrogens with zero attached hydrogens (tertiary/aromatic N) is 7. The van der Waals surface area contributed by atoms with Crippen LogP contribution in [0.15, 0.2) is 31.0 Å². The number of alkyl halides is 3. The highest BCUT2D eigenvalue weighted by atomic mass is 19.3. The minimum Gasteiger partial charge on any atom is -0.368 e. The number of carbonyl (C=O) groups is 1. The number of hydrogen-bond donors (Lipinski definition) is 0. The van der Waals surface area contributed by atoms with Crippen molar-refractivity contribution < 1.29 is 22.7 Å². The molecule has 43 heavy (non-hydrogen) atoms. The molecule has 0 aliphatic carbocycles. The summed E-state index contributed by atoms with van der Waals surface area (Å²) in [5, 5.41) is 4.45. The summed E-state index contributed by atoms with van der Waals surface area (Å²) in [7, 11) is 0. The molecule has 2 aromatic rings. The number of hydrogen-bond acceptors (Lipinski definition) is 7. The van der Waals surface area contributed by atoms with Gasteiger partial charge < -0.3 is 19.4 Å². The summed E-state index contributed by atoms with van der Waals surface area (Å²) < 4.78 is 50.7. The molecule has 1 amide bonds. The number of piperidine rings is 1. The van der Waals surface area contributed by atoms with Gasteiger partial charge in [0.25, 0.3) is 6.43 Å². The van der Waals surface area contributed by atoms with E-state index in [0.717, 1.165) is 43.1 Å². The van der Waals surface area contributed by atoms with Crippen molar-refractivity contribution in [3.63, 3.8) is 0 Å². The minimum absolute atomic E-state index is 0.0434. The van der Waals surface area contributed by atoms with Gasteiger partial charge in [-0.05, 0) is 38.3 Å². The number of anilines is 2. The Morgan fingerprint density at radius 3 is 2.51 bits per heavy atom. The van der Waals surface area contributed by atoms with Crippen molar-refractivity contribution in [3.8, 4) is 0 Å². The number of amides is 1. The maximum atomic E-state index is 14.5. The zero-order valence-electron chi connectivity index (χ0n) is 24.9. The average molecular weight is 600 g/mol. The Morgan fingerprint density at radius 1 is 1.16 bits per heavy atom. The molecule has 0 saturated carbocycles. The van der Waals surface area contributed by atoms with E-state index >= 15 is 0 Å². The Labute approximate surface area is 250 Å². The van der Waals surface area contributed by atoms with Crippen molar-refractivity contribution in [3.05, 3.63) is 53.5 Å².